The molecule has 6 heteroatoms. The predicted molar refractivity (Wildman–Crippen MR) is 108 cm³/mol. The minimum atomic E-state index is -0.722. The predicted octanol–water partition coefficient (Wildman–Crippen LogP) is 1.55. The average molecular weight is 389 g/mol. The van der Waals surface area contributed by atoms with Crippen molar-refractivity contribution in [2.45, 2.75) is 69.9 Å². The summed E-state index contributed by atoms with van der Waals surface area (Å²) in [6, 6.07) is 1.04. The number of carbonyl (C=O) groups is 2. The summed E-state index contributed by atoms with van der Waals surface area (Å²) in [5.41, 5.74) is -0.722. The molecule has 1 saturated carbocycles. The lowest BCUT2D eigenvalue weighted by Gasteiger charge is -2.43. The SMILES string of the molecule is O=C(N1CCC(N2CCCC2)C1)C1(C(=O)N2CCC(N3CCCC3)C2)CCC1. The van der Waals surface area contributed by atoms with E-state index in [4.69, 9.17) is 0 Å². The largest absolute Gasteiger partial charge is 0.340 e. The summed E-state index contributed by atoms with van der Waals surface area (Å²) >= 11 is 0. The van der Waals surface area contributed by atoms with Gasteiger partial charge in [0.2, 0.25) is 11.8 Å². The standard InChI is InChI=1S/C22H36N4O2/c27-20(25-14-6-18(16-25)23-10-1-2-11-23)22(8-5-9-22)21(28)26-15-7-19(17-26)24-12-3-4-13-24/h18-19H,1-17H2. The zero-order valence-corrected chi connectivity index (χ0v) is 17.3. The molecule has 2 amide bonds. The number of likely N-dealkylation sites (tertiary alicyclic amines) is 4. The molecule has 6 nitrogen and oxygen atoms in total. The third-order valence-corrected chi connectivity index (χ3v) is 8.24. The monoisotopic (exact) mass is 388 g/mol. The number of hydrogen-bond acceptors (Lipinski definition) is 4. The van der Waals surface area contributed by atoms with Crippen LogP contribution in [-0.4, -0.2) is 95.9 Å². The Morgan fingerprint density at radius 3 is 1.39 bits per heavy atom. The first-order valence-electron chi connectivity index (χ1n) is 11.7. The Kier molecular flexibility index (Phi) is 5.12. The highest BCUT2D eigenvalue weighted by atomic mass is 16.2. The molecule has 4 saturated heterocycles. The van der Waals surface area contributed by atoms with E-state index in [9.17, 15) is 9.59 Å². The molecule has 156 valence electrons. The molecule has 0 aromatic heterocycles. The van der Waals surface area contributed by atoms with Crippen LogP contribution in [0.2, 0.25) is 0 Å². The van der Waals surface area contributed by atoms with Gasteiger partial charge >= 0.3 is 0 Å². The maximum absolute atomic E-state index is 13.5. The van der Waals surface area contributed by atoms with E-state index in [0.717, 1.165) is 58.3 Å². The lowest BCUT2D eigenvalue weighted by molar-refractivity contribution is -0.162. The fourth-order valence-electron chi connectivity index (χ4n) is 6.32. The molecule has 0 aromatic carbocycles. The summed E-state index contributed by atoms with van der Waals surface area (Å²) < 4.78 is 0. The molecule has 28 heavy (non-hydrogen) atoms. The van der Waals surface area contributed by atoms with Gasteiger partial charge in [-0.3, -0.25) is 19.4 Å². The topological polar surface area (TPSA) is 47.1 Å². The first kappa shape index (κ1) is 18.9. The van der Waals surface area contributed by atoms with Gasteiger partial charge in [-0.05, 0) is 77.5 Å². The van der Waals surface area contributed by atoms with Crippen molar-refractivity contribution in [3.63, 3.8) is 0 Å². The molecular formula is C22H36N4O2. The minimum absolute atomic E-state index is 0.148. The molecule has 1 aliphatic carbocycles. The zero-order valence-electron chi connectivity index (χ0n) is 17.3. The van der Waals surface area contributed by atoms with Crippen LogP contribution in [0, 0.1) is 5.41 Å². The number of nitrogens with zero attached hydrogens (tertiary/aromatic N) is 4. The summed E-state index contributed by atoms with van der Waals surface area (Å²) in [5, 5.41) is 0. The molecule has 5 fully saturated rings. The van der Waals surface area contributed by atoms with Gasteiger partial charge in [-0.15, -0.1) is 0 Å². The normalized spacial score (nSPS) is 33.6. The molecule has 0 radical (unpaired) electrons. The van der Waals surface area contributed by atoms with Gasteiger partial charge in [0, 0.05) is 38.3 Å². The van der Waals surface area contributed by atoms with Crippen LogP contribution < -0.4 is 0 Å². The van der Waals surface area contributed by atoms with Gasteiger partial charge in [0.1, 0.15) is 5.41 Å². The van der Waals surface area contributed by atoms with Gasteiger partial charge < -0.3 is 9.80 Å². The van der Waals surface area contributed by atoms with Crippen molar-refractivity contribution in [2.24, 2.45) is 5.41 Å². The molecule has 2 unspecified atom stereocenters. The van der Waals surface area contributed by atoms with Crippen LogP contribution in [0.25, 0.3) is 0 Å². The molecule has 2 atom stereocenters. The fraction of sp³-hybridized carbons (Fsp3) is 0.909. The maximum Gasteiger partial charge on any atom is 0.238 e. The van der Waals surface area contributed by atoms with Crippen LogP contribution in [0.1, 0.15) is 57.8 Å². The summed E-state index contributed by atoms with van der Waals surface area (Å²) in [6.07, 6.45) is 9.87. The average Bonchev–Trinajstić information content (AvgIpc) is 3.48. The van der Waals surface area contributed by atoms with Gasteiger partial charge in [0.15, 0.2) is 0 Å². The number of amides is 2. The van der Waals surface area contributed by atoms with Crippen molar-refractivity contribution in [2.75, 3.05) is 52.4 Å². The molecule has 5 aliphatic rings. The first-order chi connectivity index (χ1) is 13.7. The third-order valence-electron chi connectivity index (χ3n) is 8.24. The second-order valence-electron chi connectivity index (χ2n) is 9.81. The highest BCUT2D eigenvalue weighted by Crippen LogP contribution is 2.45. The lowest BCUT2D eigenvalue weighted by atomic mass is 9.66. The summed E-state index contributed by atoms with van der Waals surface area (Å²) in [4.78, 5) is 36.2. The Labute approximate surface area is 169 Å². The van der Waals surface area contributed by atoms with E-state index in [1.165, 1.54) is 51.9 Å². The van der Waals surface area contributed by atoms with E-state index in [0.29, 0.717) is 12.1 Å². The van der Waals surface area contributed by atoms with Crippen LogP contribution in [0.4, 0.5) is 0 Å². The molecule has 4 aliphatic heterocycles. The second kappa shape index (κ2) is 7.60. The Balaban J connectivity index is 1.23. The Morgan fingerprint density at radius 1 is 0.607 bits per heavy atom. The summed E-state index contributed by atoms with van der Waals surface area (Å²) in [6.45, 7) is 8.08. The van der Waals surface area contributed by atoms with E-state index in [2.05, 4.69) is 9.80 Å². The molecule has 0 N–H and O–H groups in total. The number of rotatable bonds is 4. The van der Waals surface area contributed by atoms with Crippen LogP contribution in [0.5, 0.6) is 0 Å². The lowest BCUT2D eigenvalue weighted by Crippen LogP contribution is -2.57. The van der Waals surface area contributed by atoms with E-state index in [1.54, 1.807) is 0 Å². The van der Waals surface area contributed by atoms with Crippen LogP contribution in [0.3, 0.4) is 0 Å². The highest BCUT2D eigenvalue weighted by molar-refractivity contribution is 6.06. The van der Waals surface area contributed by atoms with E-state index in [1.807, 2.05) is 9.80 Å². The Bertz CT molecular complexity index is 560. The number of hydrogen-bond donors (Lipinski definition) is 0. The number of carbonyl (C=O) groups excluding carboxylic acids is 2. The quantitative estimate of drug-likeness (QED) is 0.686. The highest BCUT2D eigenvalue weighted by Gasteiger charge is 2.55. The van der Waals surface area contributed by atoms with Crippen molar-refractivity contribution in [1.82, 2.24) is 19.6 Å². The summed E-state index contributed by atoms with van der Waals surface area (Å²) in [5.74, 6) is 0.296. The molecular weight excluding hydrogens is 352 g/mol. The van der Waals surface area contributed by atoms with Gasteiger partial charge in [-0.25, -0.2) is 0 Å². The fourth-order valence-corrected chi connectivity index (χ4v) is 6.32. The van der Waals surface area contributed by atoms with Crippen molar-refractivity contribution in [3.05, 3.63) is 0 Å². The third kappa shape index (κ3) is 3.17. The van der Waals surface area contributed by atoms with Crippen molar-refractivity contribution >= 4 is 11.8 Å². The molecule has 5 rings (SSSR count). The van der Waals surface area contributed by atoms with E-state index >= 15 is 0 Å². The molecule has 4 heterocycles. The van der Waals surface area contributed by atoms with Crippen LogP contribution in [0.15, 0.2) is 0 Å². The smallest absolute Gasteiger partial charge is 0.238 e. The van der Waals surface area contributed by atoms with E-state index in [-0.39, 0.29) is 11.8 Å². The van der Waals surface area contributed by atoms with E-state index < -0.39 is 5.41 Å². The molecule has 0 bridgehead atoms. The molecule has 0 spiro atoms. The first-order valence-corrected chi connectivity index (χ1v) is 11.7. The van der Waals surface area contributed by atoms with Crippen LogP contribution >= 0.6 is 0 Å². The van der Waals surface area contributed by atoms with Gasteiger partial charge in [0.05, 0.1) is 0 Å². The van der Waals surface area contributed by atoms with Gasteiger partial charge in [-0.2, -0.15) is 0 Å². The van der Waals surface area contributed by atoms with Crippen molar-refractivity contribution in [1.29, 1.82) is 0 Å². The van der Waals surface area contributed by atoms with Crippen LogP contribution in [-0.2, 0) is 9.59 Å². The second-order valence-corrected chi connectivity index (χ2v) is 9.81. The Morgan fingerprint density at radius 2 is 1.04 bits per heavy atom. The maximum atomic E-state index is 13.5. The van der Waals surface area contributed by atoms with Gasteiger partial charge in [-0.1, -0.05) is 6.42 Å². The summed E-state index contributed by atoms with van der Waals surface area (Å²) in [7, 11) is 0. The molecule has 0 aromatic rings. The Hall–Kier alpha value is -1.14. The zero-order chi connectivity index (χ0) is 19.1. The van der Waals surface area contributed by atoms with Crippen molar-refractivity contribution < 1.29 is 9.59 Å². The van der Waals surface area contributed by atoms with Crippen molar-refractivity contribution in [3.8, 4) is 0 Å². The van der Waals surface area contributed by atoms with Gasteiger partial charge in [0.25, 0.3) is 0 Å². The minimum Gasteiger partial charge on any atom is -0.340 e.